The number of nitrogen functional groups attached to an aromatic ring is 1. The van der Waals surface area contributed by atoms with Crippen LogP contribution in [0.4, 0.5) is 15.9 Å². The van der Waals surface area contributed by atoms with E-state index in [0.29, 0.717) is 45.9 Å². The number of hydrogen-bond donors (Lipinski definition) is 2. The molecule has 1 fully saturated rings. The van der Waals surface area contributed by atoms with Crippen LogP contribution < -0.4 is 16.4 Å². The maximum atomic E-state index is 15.6. The van der Waals surface area contributed by atoms with Crippen molar-refractivity contribution < 1.29 is 13.5 Å². The fourth-order valence-corrected chi connectivity index (χ4v) is 6.19. The lowest BCUT2D eigenvalue weighted by atomic mass is 9.81. The third-order valence-corrected chi connectivity index (χ3v) is 9.07. The Morgan fingerprint density at radius 2 is 1.98 bits per heavy atom. The minimum atomic E-state index is -1.18. The van der Waals surface area contributed by atoms with E-state index in [1.54, 1.807) is 31.5 Å². The van der Waals surface area contributed by atoms with E-state index in [-0.39, 0.29) is 22.6 Å². The van der Waals surface area contributed by atoms with Crippen LogP contribution in [-0.2, 0) is 10.3 Å². The van der Waals surface area contributed by atoms with Gasteiger partial charge < -0.3 is 19.8 Å². The summed E-state index contributed by atoms with van der Waals surface area (Å²) in [6, 6.07) is 6.08. The first-order chi connectivity index (χ1) is 20.5. The number of pyridine rings is 1. The summed E-state index contributed by atoms with van der Waals surface area (Å²) in [5.74, 6) is -0.361. The number of ether oxygens (including phenoxy) is 1. The second-order valence-electron chi connectivity index (χ2n) is 11.3. The average molecular weight is 631 g/mol. The van der Waals surface area contributed by atoms with Crippen LogP contribution in [0.2, 0.25) is 10.0 Å². The zero-order chi connectivity index (χ0) is 30.9. The largest absolute Gasteiger partial charge is 0.434 e. The summed E-state index contributed by atoms with van der Waals surface area (Å²) in [4.78, 5) is 27.3. The van der Waals surface area contributed by atoms with E-state index < -0.39 is 23.2 Å². The van der Waals surface area contributed by atoms with Gasteiger partial charge >= 0.3 is 5.76 Å². The van der Waals surface area contributed by atoms with Gasteiger partial charge in [-0.3, -0.25) is 4.98 Å². The summed E-state index contributed by atoms with van der Waals surface area (Å²) in [5.41, 5.74) is 7.30. The number of aromatic amines is 1. The number of nitrogens with zero attached hydrogens (tertiary/aromatic N) is 5. The van der Waals surface area contributed by atoms with Crippen molar-refractivity contribution in [2.75, 3.05) is 24.3 Å². The summed E-state index contributed by atoms with van der Waals surface area (Å²) < 4.78 is 26.8. The number of methoxy groups -OCH3 is 1. The van der Waals surface area contributed by atoms with Crippen LogP contribution in [-0.4, -0.2) is 44.8 Å². The molecule has 1 aliphatic rings. The van der Waals surface area contributed by atoms with Crippen molar-refractivity contribution in [3.8, 4) is 23.0 Å². The number of rotatable bonds is 9. The van der Waals surface area contributed by atoms with Crippen molar-refractivity contribution in [1.29, 1.82) is 0 Å². The highest BCUT2D eigenvalue weighted by Gasteiger charge is 2.42. The Bertz CT molecular complexity index is 1660. The predicted molar refractivity (Wildman–Crippen MR) is 165 cm³/mol. The van der Waals surface area contributed by atoms with Gasteiger partial charge in [0, 0.05) is 37.2 Å². The number of nitrogens with one attached hydrogen (secondary N) is 1. The molecule has 13 heteroatoms. The van der Waals surface area contributed by atoms with E-state index in [4.69, 9.17) is 43.1 Å². The molecule has 3 heterocycles. The third-order valence-electron chi connectivity index (χ3n) is 8.57. The molecule has 0 aliphatic heterocycles. The van der Waals surface area contributed by atoms with Gasteiger partial charge in [-0.25, -0.2) is 24.3 Å². The van der Waals surface area contributed by atoms with Gasteiger partial charge in [0.2, 0.25) is 5.82 Å². The van der Waals surface area contributed by atoms with E-state index in [0.717, 1.165) is 25.7 Å². The van der Waals surface area contributed by atoms with E-state index in [1.807, 2.05) is 13.8 Å². The van der Waals surface area contributed by atoms with Crippen molar-refractivity contribution in [1.82, 2.24) is 25.1 Å². The molecule has 0 bridgehead atoms. The minimum Gasteiger partial charge on any atom is -0.384 e. The number of hydrogen-bond acceptors (Lipinski definition) is 9. The van der Waals surface area contributed by atoms with Gasteiger partial charge in [0.05, 0.1) is 16.1 Å². The molecule has 4 aromatic rings. The average Bonchev–Trinajstić information content (AvgIpc) is 3.43. The lowest BCUT2D eigenvalue weighted by Gasteiger charge is -2.45. The second kappa shape index (κ2) is 12.6. The molecule has 0 radical (unpaired) electrons. The lowest BCUT2D eigenvalue weighted by molar-refractivity contribution is -0.0215. The predicted octanol–water partition coefficient (Wildman–Crippen LogP) is 6.49. The van der Waals surface area contributed by atoms with Crippen molar-refractivity contribution >= 4 is 34.7 Å². The normalized spacial score (nSPS) is 19.1. The molecule has 2 unspecified atom stereocenters. The number of nitrogens with two attached hydrogens (primary N) is 1. The Kier molecular flexibility index (Phi) is 9.05. The third kappa shape index (κ3) is 6.25. The van der Waals surface area contributed by atoms with Gasteiger partial charge in [0.1, 0.15) is 22.8 Å². The van der Waals surface area contributed by atoms with Gasteiger partial charge in [0.15, 0.2) is 5.82 Å². The summed E-state index contributed by atoms with van der Waals surface area (Å²) >= 11 is 12.6. The molecular weight excluding hydrogens is 596 g/mol. The molecular formula is C30H34Cl2FN7O3. The SMILES string of the molecule is COC(C)(c1cccc(Cl)c1F)C(C)N(CC1CCC(C)CC1)c1c(N)nc(-c2n[nH]c(=O)o2)nc1-c1cncc(Cl)c1. The van der Waals surface area contributed by atoms with Crippen LogP contribution >= 0.6 is 23.2 Å². The Labute approximate surface area is 258 Å². The molecule has 10 nitrogen and oxygen atoms in total. The summed E-state index contributed by atoms with van der Waals surface area (Å²) in [6.45, 7) is 6.62. The van der Waals surface area contributed by atoms with Gasteiger partial charge in [-0.1, -0.05) is 55.1 Å². The van der Waals surface area contributed by atoms with E-state index in [2.05, 4.69) is 32.0 Å². The molecule has 5 rings (SSSR count). The Balaban J connectivity index is 1.72. The van der Waals surface area contributed by atoms with Crippen molar-refractivity contribution in [2.45, 2.75) is 58.1 Å². The summed E-state index contributed by atoms with van der Waals surface area (Å²) in [5, 5.41) is 6.50. The fraction of sp³-hybridized carbons (Fsp3) is 0.433. The molecule has 1 aromatic carbocycles. The highest BCUT2D eigenvalue weighted by atomic mass is 35.5. The number of anilines is 2. The maximum absolute atomic E-state index is 15.6. The number of aromatic nitrogens is 5. The van der Waals surface area contributed by atoms with Crippen LogP contribution in [0.1, 0.15) is 52.0 Å². The van der Waals surface area contributed by atoms with Gasteiger partial charge in [-0.15, -0.1) is 5.10 Å². The quantitative estimate of drug-likeness (QED) is 0.213. The van der Waals surface area contributed by atoms with E-state index in [9.17, 15) is 4.79 Å². The molecule has 1 saturated carbocycles. The highest BCUT2D eigenvalue weighted by molar-refractivity contribution is 6.31. The van der Waals surface area contributed by atoms with Gasteiger partial charge in [-0.2, -0.15) is 0 Å². The lowest BCUT2D eigenvalue weighted by Crippen LogP contribution is -2.51. The zero-order valence-electron chi connectivity index (χ0n) is 24.4. The fourth-order valence-electron chi connectivity index (χ4n) is 5.84. The monoisotopic (exact) mass is 629 g/mol. The molecule has 0 saturated heterocycles. The number of benzene rings is 1. The van der Waals surface area contributed by atoms with Gasteiger partial charge in [-0.05, 0) is 50.7 Å². The second-order valence-corrected chi connectivity index (χ2v) is 12.2. The molecule has 3 aromatic heterocycles. The topological polar surface area (TPSA) is 136 Å². The Morgan fingerprint density at radius 3 is 2.63 bits per heavy atom. The zero-order valence-corrected chi connectivity index (χ0v) is 25.9. The smallest absolute Gasteiger partial charge is 0.384 e. The van der Waals surface area contributed by atoms with Crippen molar-refractivity contribution in [3.63, 3.8) is 0 Å². The number of H-pyrrole nitrogens is 1. The first-order valence-corrected chi connectivity index (χ1v) is 14.9. The molecule has 1 aliphatic carbocycles. The van der Waals surface area contributed by atoms with Crippen LogP contribution in [0, 0.1) is 17.7 Å². The molecule has 0 spiro atoms. The first kappa shape index (κ1) is 30.9. The molecule has 2 atom stereocenters. The van der Waals surface area contributed by atoms with Crippen LogP contribution in [0.3, 0.4) is 0 Å². The Morgan fingerprint density at radius 1 is 1.23 bits per heavy atom. The first-order valence-electron chi connectivity index (χ1n) is 14.1. The summed E-state index contributed by atoms with van der Waals surface area (Å²) in [7, 11) is 1.54. The minimum absolute atomic E-state index is 0.000760. The van der Waals surface area contributed by atoms with Gasteiger partial charge in [0.25, 0.3) is 5.89 Å². The van der Waals surface area contributed by atoms with E-state index in [1.165, 1.54) is 12.3 Å². The summed E-state index contributed by atoms with van der Waals surface area (Å²) in [6.07, 6.45) is 7.36. The maximum Gasteiger partial charge on any atom is 0.434 e. The standard InChI is InChI=1S/C30H34Cl2FN7O3/c1-16-8-10-18(11-9-16)15-40(17(2)30(3,42-4)21-6-5-7-22(32)23(21)33)25-24(19-12-20(31)14-35-13-19)36-27(37-26(25)34)28-38-39-29(41)43-28/h5-7,12-14,16-18H,8-11,15H2,1-4H3,(H,39,41)(H2,34,36,37). The molecule has 3 N–H and O–H groups in total. The highest BCUT2D eigenvalue weighted by Crippen LogP contribution is 2.43. The van der Waals surface area contributed by atoms with Crippen molar-refractivity contribution in [3.05, 3.63) is 68.6 Å². The van der Waals surface area contributed by atoms with E-state index >= 15 is 4.39 Å². The van der Waals surface area contributed by atoms with Crippen molar-refractivity contribution in [2.24, 2.45) is 11.8 Å². The molecule has 228 valence electrons. The number of halogens is 3. The Hall–Kier alpha value is -3.54. The van der Waals surface area contributed by atoms with Crippen LogP contribution in [0.5, 0.6) is 0 Å². The molecule has 0 amide bonds. The van der Waals surface area contributed by atoms with Crippen LogP contribution in [0.25, 0.3) is 23.0 Å². The van der Waals surface area contributed by atoms with Crippen LogP contribution in [0.15, 0.2) is 45.9 Å². The molecule has 43 heavy (non-hydrogen) atoms.